The van der Waals surface area contributed by atoms with Crippen molar-refractivity contribution in [3.8, 4) is 17.5 Å². The van der Waals surface area contributed by atoms with Gasteiger partial charge < -0.3 is 14.8 Å². The third-order valence-electron chi connectivity index (χ3n) is 5.47. The molecule has 9 nitrogen and oxygen atoms in total. The molecule has 0 aliphatic carbocycles. The van der Waals surface area contributed by atoms with Crippen molar-refractivity contribution >= 4 is 21.6 Å². The van der Waals surface area contributed by atoms with Crippen molar-refractivity contribution in [3.63, 3.8) is 0 Å². The minimum Gasteiger partial charge on any atom is -0.495 e. The Kier molecular flexibility index (Phi) is 7.39. The van der Waals surface area contributed by atoms with Gasteiger partial charge in [-0.15, -0.1) is 0 Å². The number of methoxy groups -OCH3 is 1. The minimum absolute atomic E-state index is 0.00356. The molecular weight excluding hydrogens is 456 g/mol. The molecule has 10 heteroatoms. The Bertz CT molecular complexity index is 1230. The topological polar surface area (TPSA) is 111 Å². The predicted octanol–water partition coefficient (Wildman–Crippen LogP) is 4.09. The second-order valence-electron chi connectivity index (χ2n) is 7.80. The van der Waals surface area contributed by atoms with Crippen LogP contribution in [0.25, 0.3) is 0 Å². The fraction of sp³-hybridized carbons (Fsp3) is 0.292. The van der Waals surface area contributed by atoms with E-state index in [1.54, 1.807) is 48.8 Å². The van der Waals surface area contributed by atoms with Crippen molar-refractivity contribution < 1.29 is 22.7 Å². The second-order valence-corrected chi connectivity index (χ2v) is 9.70. The first-order valence-corrected chi connectivity index (χ1v) is 12.5. The lowest BCUT2D eigenvalue weighted by atomic mass is 10.2. The highest BCUT2D eigenvalue weighted by Gasteiger charge is 2.29. The van der Waals surface area contributed by atoms with E-state index in [2.05, 4.69) is 15.3 Å². The van der Waals surface area contributed by atoms with Gasteiger partial charge in [-0.1, -0.05) is 12.8 Å². The molecule has 2 heterocycles. The zero-order valence-corrected chi connectivity index (χ0v) is 19.6. The highest BCUT2D eigenvalue weighted by Crippen LogP contribution is 2.30. The Morgan fingerprint density at radius 1 is 0.971 bits per heavy atom. The predicted molar refractivity (Wildman–Crippen MR) is 127 cm³/mol. The largest absolute Gasteiger partial charge is 0.495 e. The van der Waals surface area contributed by atoms with Crippen LogP contribution in [0.1, 0.15) is 36.0 Å². The molecular formula is C24H26N4O5S. The van der Waals surface area contributed by atoms with Crippen LogP contribution in [0.5, 0.6) is 17.5 Å². The smallest absolute Gasteiger partial charge is 0.321 e. The zero-order chi connectivity index (χ0) is 24.0. The summed E-state index contributed by atoms with van der Waals surface area (Å²) in [6.07, 6.45) is 6.80. The molecule has 0 radical (unpaired) electrons. The number of benzene rings is 2. The first-order chi connectivity index (χ1) is 16.5. The van der Waals surface area contributed by atoms with Gasteiger partial charge >= 0.3 is 6.01 Å². The van der Waals surface area contributed by atoms with Gasteiger partial charge in [0.1, 0.15) is 16.4 Å². The molecule has 0 spiro atoms. The number of rotatable bonds is 7. The maximum Gasteiger partial charge on any atom is 0.321 e. The first kappa shape index (κ1) is 23.7. The molecule has 2 aromatic carbocycles. The average molecular weight is 483 g/mol. The lowest BCUT2D eigenvalue weighted by Crippen LogP contribution is -2.32. The van der Waals surface area contributed by atoms with Crippen LogP contribution in [-0.2, 0) is 10.0 Å². The van der Waals surface area contributed by atoms with E-state index in [4.69, 9.17) is 9.47 Å². The summed E-state index contributed by atoms with van der Waals surface area (Å²) in [7, 11) is -2.38. The minimum atomic E-state index is -3.79. The van der Waals surface area contributed by atoms with Gasteiger partial charge in [-0.3, -0.25) is 4.79 Å². The quantitative estimate of drug-likeness (QED) is 0.540. The molecule has 0 unspecified atom stereocenters. The van der Waals surface area contributed by atoms with Gasteiger partial charge in [0.2, 0.25) is 10.0 Å². The average Bonchev–Trinajstić information content (AvgIpc) is 3.16. The van der Waals surface area contributed by atoms with Crippen molar-refractivity contribution in [2.24, 2.45) is 0 Å². The number of ether oxygens (including phenoxy) is 2. The molecule has 0 atom stereocenters. The molecule has 178 valence electrons. The monoisotopic (exact) mass is 482 g/mol. The molecule has 0 saturated carbocycles. The van der Waals surface area contributed by atoms with Crippen LogP contribution in [-0.4, -0.2) is 48.8 Å². The van der Waals surface area contributed by atoms with E-state index in [1.165, 1.54) is 23.5 Å². The summed E-state index contributed by atoms with van der Waals surface area (Å²) in [5, 5.41) is 2.78. The van der Waals surface area contributed by atoms with Crippen LogP contribution in [0.4, 0.5) is 5.69 Å². The molecule has 1 amide bonds. The van der Waals surface area contributed by atoms with Gasteiger partial charge in [0, 0.05) is 36.7 Å². The lowest BCUT2D eigenvalue weighted by Gasteiger charge is -2.21. The van der Waals surface area contributed by atoms with E-state index in [-0.39, 0.29) is 22.2 Å². The summed E-state index contributed by atoms with van der Waals surface area (Å²) in [5.74, 6) is 0.292. The molecule has 1 saturated heterocycles. The Morgan fingerprint density at radius 3 is 2.29 bits per heavy atom. The van der Waals surface area contributed by atoms with Crippen molar-refractivity contribution in [1.82, 2.24) is 14.3 Å². The van der Waals surface area contributed by atoms with Crippen molar-refractivity contribution in [2.45, 2.75) is 30.6 Å². The van der Waals surface area contributed by atoms with Gasteiger partial charge in [0.25, 0.3) is 5.91 Å². The van der Waals surface area contributed by atoms with Crippen LogP contribution < -0.4 is 14.8 Å². The second kappa shape index (κ2) is 10.6. The summed E-state index contributed by atoms with van der Waals surface area (Å²) in [4.78, 5) is 20.9. The Hall–Kier alpha value is -3.50. The number of nitrogens with zero attached hydrogens (tertiary/aromatic N) is 3. The van der Waals surface area contributed by atoms with Crippen LogP contribution in [0, 0.1) is 0 Å². The van der Waals surface area contributed by atoms with E-state index >= 15 is 0 Å². The summed E-state index contributed by atoms with van der Waals surface area (Å²) in [6, 6.07) is 13.0. The van der Waals surface area contributed by atoms with E-state index in [1.807, 2.05) is 0 Å². The SMILES string of the molecule is COc1ccc(C(=O)Nc2ccc(Oc3ncccn3)cc2)cc1S(=O)(=O)N1CCCCCC1. The molecule has 1 aliphatic rings. The first-order valence-electron chi connectivity index (χ1n) is 11.0. The molecule has 3 aromatic rings. The van der Waals surface area contributed by atoms with E-state index in [0.717, 1.165) is 25.7 Å². The van der Waals surface area contributed by atoms with Gasteiger partial charge in [-0.25, -0.2) is 18.4 Å². The van der Waals surface area contributed by atoms with Gasteiger partial charge in [0.05, 0.1) is 7.11 Å². The number of hydrogen-bond acceptors (Lipinski definition) is 7. The highest BCUT2D eigenvalue weighted by molar-refractivity contribution is 7.89. The number of aromatic nitrogens is 2. The Labute approximate surface area is 198 Å². The number of carbonyl (C=O) groups is 1. The lowest BCUT2D eigenvalue weighted by molar-refractivity contribution is 0.102. The van der Waals surface area contributed by atoms with Crippen molar-refractivity contribution in [2.75, 3.05) is 25.5 Å². The van der Waals surface area contributed by atoms with E-state index in [9.17, 15) is 13.2 Å². The number of amides is 1. The Morgan fingerprint density at radius 2 is 1.65 bits per heavy atom. The van der Waals surface area contributed by atoms with Crippen molar-refractivity contribution in [3.05, 3.63) is 66.5 Å². The molecule has 1 aliphatic heterocycles. The number of carbonyl (C=O) groups excluding carboxylic acids is 1. The van der Waals surface area contributed by atoms with Crippen molar-refractivity contribution in [1.29, 1.82) is 0 Å². The molecule has 0 bridgehead atoms. The molecule has 4 rings (SSSR count). The highest BCUT2D eigenvalue weighted by atomic mass is 32.2. The number of hydrogen-bond donors (Lipinski definition) is 1. The third-order valence-corrected chi connectivity index (χ3v) is 7.39. The van der Waals surface area contributed by atoms with Gasteiger partial charge in [-0.2, -0.15) is 4.31 Å². The molecule has 1 aromatic heterocycles. The number of anilines is 1. The van der Waals surface area contributed by atoms with Crippen LogP contribution in [0.2, 0.25) is 0 Å². The molecule has 1 fully saturated rings. The maximum atomic E-state index is 13.3. The fourth-order valence-electron chi connectivity index (χ4n) is 3.69. The molecule has 34 heavy (non-hydrogen) atoms. The number of nitrogens with one attached hydrogen (secondary N) is 1. The standard InChI is InChI=1S/C24H26N4O5S/c1-32-21-12-7-18(17-22(21)34(30,31)28-15-4-2-3-5-16-28)23(29)27-19-8-10-20(11-9-19)33-24-25-13-6-14-26-24/h6-14,17H,2-5,15-16H2,1H3,(H,27,29). The van der Waals surface area contributed by atoms with Gasteiger partial charge in [-0.05, 0) is 61.4 Å². The molecule has 1 N–H and O–H groups in total. The Balaban J connectivity index is 1.51. The maximum absolute atomic E-state index is 13.3. The van der Waals surface area contributed by atoms with Crippen LogP contribution in [0.15, 0.2) is 65.8 Å². The van der Waals surface area contributed by atoms with E-state index in [0.29, 0.717) is 24.5 Å². The summed E-state index contributed by atoms with van der Waals surface area (Å²) in [5.41, 5.74) is 0.742. The van der Waals surface area contributed by atoms with E-state index < -0.39 is 15.9 Å². The summed E-state index contributed by atoms with van der Waals surface area (Å²) < 4.78 is 39.0. The number of sulfonamides is 1. The fourth-order valence-corrected chi connectivity index (χ4v) is 5.39. The zero-order valence-electron chi connectivity index (χ0n) is 18.8. The van der Waals surface area contributed by atoms with Crippen LogP contribution >= 0.6 is 0 Å². The van der Waals surface area contributed by atoms with Crippen LogP contribution in [0.3, 0.4) is 0 Å². The third kappa shape index (κ3) is 5.52. The van der Waals surface area contributed by atoms with Gasteiger partial charge in [0.15, 0.2) is 0 Å². The summed E-state index contributed by atoms with van der Waals surface area (Å²) in [6.45, 7) is 0.925. The summed E-state index contributed by atoms with van der Waals surface area (Å²) >= 11 is 0. The normalized spacial score (nSPS) is 14.7.